The largest absolute Gasteiger partial charge is 0.468 e. The average molecular weight is 170 g/mol. The molecule has 0 bridgehead atoms. The molecule has 1 aliphatic rings. The summed E-state index contributed by atoms with van der Waals surface area (Å²) in [6.07, 6.45) is 7.86. The molecule has 2 heteroatoms. The lowest BCUT2D eigenvalue weighted by atomic mass is 10.0. The SMILES string of the molecule is CC1=CCCCC1.CCOC=O. The molecule has 0 aliphatic heterocycles. The van der Waals surface area contributed by atoms with E-state index in [1.807, 2.05) is 0 Å². The summed E-state index contributed by atoms with van der Waals surface area (Å²) >= 11 is 0. The molecule has 2 nitrogen and oxygen atoms in total. The van der Waals surface area contributed by atoms with E-state index in [0.717, 1.165) is 0 Å². The van der Waals surface area contributed by atoms with Crippen LogP contribution in [0, 0.1) is 0 Å². The highest BCUT2D eigenvalue weighted by atomic mass is 16.5. The van der Waals surface area contributed by atoms with E-state index < -0.39 is 0 Å². The third-order valence-corrected chi connectivity index (χ3v) is 1.75. The molecule has 0 aromatic heterocycles. The lowest BCUT2D eigenvalue weighted by Gasteiger charge is -2.05. The van der Waals surface area contributed by atoms with Crippen LogP contribution in [0.5, 0.6) is 0 Å². The van der Waals surface area contributed by atoms with E-state index in [0.29, 0.717) is 13.1 Å². The maximum Gasteiger partial charge on any atom is 0.293 e. The van der Waals surface area contributed by atoms with Gasteiger partial charge in [0.2, 0.25) is 0 Å². The van der Waals surface area contributed by atoms with Gasteiger partial charge in [-0.05, 0) is 39.5 Å². The fourth-order valence-corrected chi connectivity index (χ4v) is 1.07. The van der Waals surface area contributed by atoms with Gasteiger partial charge in [0.15, 0.2) is 0 Å². The lowest BCUT2D eigenvalue weighted by molar-refractivity contribution is -0.128. The van der Waals surface area contributed by atoms with Gasteiger partial charge in [-0.2, -0.15) is 0 Å². The zero-order chi connectivity index (χ0) is 9.23. The first-order valence-electron chi connectivity index (χ1n) is 4.52. The summed E-state index contributed by atoms with van der Waals surface area (Å²) in [7, 11) is 0. The molecule has 0 fully saturated rings. The predicted molar refractivity (Wildman–Crippen MR) is 49.9 cm³/mol. The number of carbonyl (C=O) groups excluding carboxylic acids is 1. The van der Waals surface area contributed by atoms with E-state index in [2.05, 4.69) is 17.7 Å². The monoisotopic (exact) mass is 170 g/mol. The maximum atomic E-state index is 9.18. The second kappa shape index (κ2) is 8.31. The van der Waals surface area contributed by atoms with Crippen molar-refractivity contribution in [2.45, 2.75) is 39.5 Å². The van der Waals surface area contributed by atoms with Gasteiger partial charge in [0.1, 0.15) is 0 Å². The Kier molecular flexibility index (Phi) is 7.76. The summed E-state index contributed by atoms with van der Waals surface area (Å²) in [5.74, 6) is 0. The van der Waals surface area contributed by atoms with Crippen LogP contribution < -0.4 is 0 Å². The molecule has 12 heavy (non-hydrogen) atoms. The average Bonchev–Trinajstić information content (AvgIpc) is 2.08. The molecule has 0 unspecified atom stereocenters. The van der Waals surface area contributed by atoms with E-state index in [1.165, 1.54) is 25.7 Å². The molecule has 0 radical (unpaired) electrons. The van der Waals surface area contributed by atoms with Crippen molar-refractivity contribution in [3.8, 4) is 0 Å². The minimum absolute atomic E-state index is 0.431. The zero-order valence-corrected chi connectivity index (χ0v) is 8.01. The van der Waals surface area contributed by atoms with Gasteiger partial charge in [-0.3, -0.25) is 4.79 Å². The molecule has 0 spiro atoms. The molecule has 0 saturated heterocycles. The molecule has 0 aromatic rings. The highest BCUT2D eigenvalue weighted by Gasteiger charge is 1.95. The second-order valence-electron chi connectivity index (χ2n) is 2.85. The van der Waals surface area contributed by atoms with E-state index in [9.17, 15) is 4.79 Å². The minimum atomic E-state index is 0.431. The molecule has 0 amide bonds. The van der Waals surface area contributed by atoms with Gasteiger partial charge in [-0.1, -0.05) is 11.6 Å². The topological polar surface area (TPSA) is 26.3 Å². The van der Waals surface area contributed by atoms with Crippen LogP contribution in [0.4, 0.5) is 0 Å². The van der Waals surface area contributed by atoms with E-state index in [1.54, 1.807) is 12.5 Å². The van der Waals surface area contributed by atoms with E-state index in [4.69, 9.17) is 0 Å². The van der Waals surface area contributed by atoms with E-state index >= 15 is 0 Å². The van der Waals surface area contributed by atoms with Gasteiger partial charge in [-0.15, -0.1) is 0 Å². The van der Waals surface area contributed by atoms with Crippen molar-refractivity contribution in [3.63, 3.8) is 0 Å². The lowest BCUT2D eigenvalue weighted by Crippen LogP contribution is -1.85. The Balaban J connectivity index is 0.000000217. The van der Waals surface area contributed by atoms with Gasteiger partial charge >= 0.3 is 0 Å². The third kappa shape index (κ3) is 7.32. The molecular formula is C10H18O2. The Morgan fingerprint density at radius 3 is 2.50 bits per heavy atom. The third-order valence-electron chi connectivity index (χ3n) is 1.75. The molecule has 70 valence electrons. The van der Waals surface area contributed by atoms with Crippen LogP contribution in [-0.4, -0.2) is 13.1 Å². The molecule has 0 saturated carbocycles. The van der Waals surface area contributed by atoms with Gasteiger partial charge in [-0.25, -0.2) is 0 Å². The molecular weight excluding hydrogens is 152 g/mol. The first-order chi connectivity index (χ1) is 5.81. The molecule has 1 rings (SSSR count). The van der Waals surface area contributed by atoms with Gasteiger partial charge in [0.05, 0.1) is 6.61 Å². The highest BCUT2D eigenvalue weighted by molar-refractivity contribution is 5.36. The number of allylic oxidation sites excluding steroid dienone is 2. The Hall–Kier alpha value is -0.790. The molecule has 0 aromatic carbocycles. The molecule has 0 heterocycles. The van der Waals surface area contributed by atoms with Crippen LogP contribution in [0.2, 0.25) is 0 Å². The Bertz CT molecular complexity index is 139. The smallest absolute Gasteiger partial charge is 0.293 e. The highest BCUT2D eigenvalue weighted by Crippen LogP contribution is 2.15. The zero-order valence-electron chi connectivity index (χ0n) is 8.01. The van der Waals surface area contributed by atoms with Crippen molar-refractivity contribution >= 4 is 6.47 Å². The minimum Gasteiger partial charge on any atom is -0.468 e. The fourth-order valence-electron chi connectivity index (χ4n) is 1.07. The normalized spacial score (nSPS) is 15.3. The quantitative estimate of drug-likeness (QED) is 0.470. The van der Waals surface area contributed by atoms with Crippen LogP contribution in [-0.2, 0) is 9.53 Å². The van der Waals surface area contributed by atoms with Crippen molar-refractivity contribution in [1.82, 2.24) is 0 Å². The van der Waals surface area contributed by atoms with Crippen LogP contribution in [0.3, 0.4) is 0 Å². The molecule has 0 N–H and O–H groups in total. The standard InChI is InChI=1S/C7H12.C3H6O2/c1-7-5-3-2-4-6-7;1-2-5-3-4/h5H,2-4,6H2,1H3;3H,2H2,1H3. The first kappa shape index (κ1) is 11.2. The van der Waals surface area contributed by atoms with Gasteiger partial charge in [0.25, 0.3) is 6.47 Å². The van der Waals surface area contributed by atoms with Crippen molar-refractivity contribution in [2.75, 3.05) is 6.61 Å². The predicted octanol–water partition coefficient (Wildman–Crippen LogP) is 2.69. The van der Waals surface area contributed by atoms with Crippen molar-refractivity contribution in [1.29, 1.82) is 0 Å². The van der Waals surface area contributed by atoms with Crippen LogP contribution in [0.15, 0.2) is 11.6 Å². The number of carbonyl (C=O) groups is 1. The van der Waals surface area contributed by atoms with Crippen LogP contribution in [0.25, 0.3) is 0 Å². The second-order valence-corrected chi connectivity index (χ2v) is 2.85. The molecule has 0 atom stereocenters. The van der Waals surface area contributed by atoms with Crippen molar-refractivity contribution in [3.05, 3.63) is 11.6 Å². The summed E-state index contributed by atoms with van der Waals surface area (Å²) in [6, 6.07) is 0. The summed E-state index contributed by atoms with van der Waals surface area (Å²) in [6.45, 7) is 4.89. The maximum absolute atomic E-state index is 9.18. The summed E-state index contributed by atoms with van der Waals surface area (Å²) in [5, 5.41) is 0. The number of hydrogen-bond donors (Lipinski definition) is 0. The fraction of sp³-hybridized carbons (Fsp3) is 0.700. The number of ether oxygens (including phenoxy) is 1. The van der Waals surface area contributed by atoms with E-state index in [-0.39, 0.29) is 0 Å². The van der Waals surface area contributed by atoms with Crippen molar-refractivity contribution < 1.29 is 9.53 Å². The summed E-state index contributed by atoms with van der Waals surface area (Å²) < 4.78 is 4.15. The number of hydrogen-bond acceptors (Lipinski definition) is 2. The Morgan fingerprint density at radius 2 is 2.33 bits per heavy atom. The van der Waals surface area contributed by atoms with Gasteiger partial charge < -0.3 is 4.74 Å². The van der Waals surface area contributed by atoms with Gasteiger partial charge in [0, 0.05) is 0 Å². The summed E-state index contributed by atoms with van der Waals surface area (Å²) in [5.41, 5.74) is 1.59. The van der Waals surface area contributed by atoms with Crippen LogP contribution in [0.1, 0.15) is 39.5 Å². The Morgan fingerprint density at radius 1 is 1.58 bits per heavy atom. The van der Waals surface area contributed by atoms with Crippen molar-refractivity contribution in [2.24, 2.45) is 0 Å². The first-order valence-corrected chi connectivity index (χ1v) is 4.52. The molecule has 1 aliphatic carbocycles. The number of rotatable bonds is 2. The summed E-state index contributed by atoms with van der Waals surface area (Å²) in [4.78, 5) is 9.18. The Labute approximate surface area is 74.6 Å². The van der Waals surface area contributed by atoms with Crippen LogP contribution >= 0.6 is 0 Å².